The lowest BCUT2D eigenvalue weighted by Crippen LogP contribution is -2.25. The molecule has 2 aromatic carbocycles. The number of nitrogens with one attached hydrogen (secondary N) is 1. The number of aryl methyl sites for hydroxylation is 2. The Hall–Kier alpha value is -3.13. The Morgan fingerprint density at radius 3 is 2.80 bits per heavy atom. The molecule has 8 heteroatoms. The molecule has 1 aliphatic heterocycles. The average Bonchev–Trinajstić information content (AvgIpc) is 3.24. The third-order valence-corrected chi connectivity index (χ3v) is 6.12. The molecule has 5 rings (SSSR count). The van der Waals surface area contributed by atoms with Crippen LogP contribution in [-0.2, 0) is 11.8 Å². The summed E-state index contributed by atoms with van der Waals surface area (Å²) in [4.78, 5) is 17.5. The molecule has 2 aromatic heterocycles. The van der Waals surface area contributed by atoms with Crippen LogP contribution in [0, 0.1) is 6.92 Å². The fourth-order valence-electron chi connectivity index (χ4n) is 4.26. The van der Waals surface area contributed by atoms with Gasteiger partial charge >= 0.3 is 0 Å². The molecule has 0 saturated heterocycles. The number of methoxy groups -OCH3 is 1. The molecule has 1 N–H and O–H groups in total. The van der Waals surface area contributed by atoms with Crippen molar-refractivity contribution in [2.24, 2.45) is 7.05 Å². The van der Waals surface area contributed by atoms with Crippen molar-refractivity contribution in [3.05, 3.63) is 63.8 Å². The highest BCUT2D eigenvalue weighted by Gasteiger charge is 2.35. The van der Waals surface area contributed by atoms with E-state index in [1.165, 1.54) is 0 Å². The number of fused-ring (bicyclic) bond motifs is 2. The van der Waals surface area contributed by atoms with Gasteiger partial charge in [0.25, 0.3) is 0 Å². The quantitative estimate of drug-likeness (QED) is 0.489. The van der Waals surface area contributed by atoms with Gasteiger partial charge in [0.1, 0.15) is 11.6 Å². The van der Waals surface area contributed by atoms with Crippen LogP contribution < -0.4 is 10.1 Å². The average molecular weight is 466 g/mol. The number of aromatic nitrogens is 4. The molecule has 1 amide bonds. The molecule has 0 radical (unpaired) electrons. The summed E-state index contributed by atoms with van der Waals surface area (Å²) in [5.74, 6) is 1.84. The summed E-state index contributed by atoms with van der Waals surface area (Å²) >= 11 is 3.55. The van der Waals surface area contributed by atoms with Gasteiger partial charge in [-0.05, 0) is 37.3 Å². The molecule has 1 aliphatic rings. The standard InChI is InChI=1S/C22H20BrN5O2/c1-12-20-15(14-10-13(23)8-9-18(14)30-3)11-19(29)25-21(20)28(26-12)22-24-16-6-4-5-7-17(16)27(22)2/h4-10,15H,11H2,1-3H3,(H,25,29)/t15-/m1/s1. The molecule has 0 unspecified atom stereocenters. The maximum absolute atomic E-state index is 12.7. The number of hydrogen-bond acceptors (Lipinski definition) is 4. The van der Waals surface area contributed by atoms with Crippen LogP contribution in [-0.4, -0.2) is 32.3 Å². The molecule has 7 nitrogen and oxygen atoms in total. The van der Waals surface area contributed by atoms with Gasteiger partial charge in [-0.1, -0.05) is 28.1 Å². The smallest absolute Gasteiger partial charge is 0.233 e. The third-order valence-electron chi connectivity index (χ3n) is 5.62. The van der Waals surface area contributed by atoms with Crippen LogP contribution >= 0.6 is 15.9 Å². The molecule has 4 aromatic rings. The normalized spacial score (nSPS) is 15.9. The maximum Gasteiger partial charge on any atom is 0.233 e. The Morgan fingerprint density at radius 1 is 1.23 bits per heavy atom. The predicted molar refractivity (Wildman–Crippen MR) is 118 cm³/mol. The molecule has 1 atom stereocenters. The van der Waals surface area contributed by atoms with Crippen LogP contribution in [0.5, 0.6) is 5.75 Å². The highest BCUT2D eigenvalue weighted by atomic mass is 79.9. The second-order valence-electron chi connectivity index (χ2n) is 7.41. The van der Waals surface area contributed by atoms with Crippen molar-refractivity contribution in [3.63, 3.8) is 0 Å². The second-order valence-corrected chi connectivity index (χ2v) is 8.33. The number of carbonyl (C=O) groups excluding carboxylic acids is 1. The highest BCUT2D eigenvalue weighted by molar-refractivity contribution is 9.10. The fraction of sp³-hybridized carbons (Fsp3) is 0.227. The van der Waals surface area contributed by atoms with Crippen LogP contribution in [0.25, 0.3) is 17.0 Å². The second kappa shape index (κ2) is 6.98. The number of halogens is 1. The van der Waals surface area contributed by atoms with E-state index in [-0.39, 0.29) is 11.8 Å². The van der Waals surface area contributed by atoms with Crippen LogP contribution in [0.4, 0.5) is 5.82 Å². The van der Waals surface area contributed by atoms with Crippen LogP contribution in [0.3, 0.4) is 0 Å². The number of anilines is 1. The van der Waals surface area contributed by atoms with Gasteiger partial charge in [-0.3, -0.25) is 4.79 Å². The first-order chi connectivity index (χ1) is 14.5. The number of rotatable bonds is 3. The number of amides is 1. The SMILES string of the molecule is COc1ccc(Br)cc1[C@H]1CC(=O)Nc2c1c(C)nn2-c1nc2ccccc2n1C. The van der Waals surface area contributed by atoms with E-state index in [0.717, 1.165) is 38.1 Å². The Bertz CT molecular complexity index is 1310. The topological polar surface area (TPSA) is 74.0 Å². The number of para-hydroxylation sites is 2. The molecule has 0 saturated carbocycles. The van der Waals surface area contributed by atoms with E-state index < -0.39 is 0 Å². The van der Waals surface area contributed by atoms with E-state index in [4.69, 9.17) is 14.8 Å². The number of hydrogen-bond donors (Lipinski definition) is 1. The van der Waals surface area contributed by atoms with Crippen molar-refractivity contribution >= 4 is 38.7 Å². The molecule has 0 aliphatic carbocycles. The molecular weight excluding hydrogens is 446 g/mol. The van der Waals surface area contributed by atoms with Gasteiger partial charge in [-0.2, -0.15) is 9.78 Å². The number of imidazole rings is 1. The summed E-state index contributed by atoms with van der Waals surface area (Å²) in [5.41, 5.74) is 4.67. The van der Waals surface area contributed by atoms with E-state index >= 15 is 0 Å². The van der Waals surface area contributed by atoms with Gasteiger partial charge in [0.05, 0.1) is 23.8 Å². The summed E-state index contributed by atoms with van der Waals surface area (Å²) in [6.07, 6.45) is 0.328. The van der Waals surface area contributed by atoms with Crippen molar-refractivity contribution in [1.29, 1.82) is 0 Å². The molecule has 152 valence electrons. The van der Waals surface area contributed by atoms with Crippen molar-refractivity contribution < 1.29 is 9.53 Å². The van der Waals surface area contributed by atoms with E-state index in [1.807, 2.05) is 61.0 Å². The zero-order chi connectivity index (χ0) is 21.0. The van der Waals surface area contributed by atoms with Crippen molar-refractivity contribution in [2.75, 3.05) is 12.4 Å². The molecule has 3 heterocycles. The van der Waals surface area contributed by atoms with Crippen molar-refractivity contribution in [2.45, 2.75) is 19.3 Å². The van der Waals surface area contributed by atoms with Gasteiger partial charge in [0, 0.05) is 35.0 Å². The van der Waals surface area contributed by atoms with Crippen LogP contribution in [0.2, 0.25) is 0 Å². The maximum atomic E-state index is 12.7. The zero-order valence-electron chi connectivity index (χ0n) is 16.8. The fourth-order valence-corrected chi connectivity index (χ4v) is 4.64. The minimum atomic E-state index is -0.162. The van der Waals surface area contributed by atoms with Crippen molar-refractivity contribution in [3.8, 4) is 11.7 Å². The third kappa shape index (κ3) is 2.82. The molecule has 0 spiro atoms. The summed E-state index contributed by atoms with van der Waals surface area (Å²) in [5, 5.41) is 7.80. The van der Waals surface area contributed by atoms with Gasteiger partial charge in [-0.15, -0.1) is 0 Å². The molecular formula is C22H20BrN5O2. The first-order valence-corrected chi connectivity index (χ1v) is 10.4. The number of carbonyl (C=O) groups is 1. The Morgan fingerprint density at radius 2 is 2.03 bits per heavy atom. The predicted octanol–water partition coefficient (Wildman–Crippen LogP) is 4.31. The number of nitrogens with zero attached hydrogens (tertiary/aromatic N) is 4. The minimum absolute atomic E-state index is 0.0607. The number of benzene rings is 2. The lowest BCUT2D eigenvalue weighted by molar-refractivity contribution is -0.116. The molecule has 0 bridgehead atoms. The van der Waals surface area contributed by atoms with Crippen LogP contribution in [0.1, 0.15) is 29.2 Å². The molecule has 30 heavy (non-hydrogen) atoms. The van der Waals surface area contributed by atoms with E-state index in [2.05, 4.69) is 21.2 Å². The van der Waals surface area contributed by atoms with Crippen molar-refractivity contribution in [1.82, 2.24) is 19.3 Å². The lowest BCUT2D eigenvalue weighted by Gasteiger charge is -2.25. The zero-order valence-corrected chi connectivity index (χ0v) is 18.4. The van der Waals surface area contributed by atoms with Gasteiger partial charge in [0.2, 0.25) is 11.9 Å². The van der Waals surface area contributed by atoms with Crippen LogP contribution in [0.15, 0.2) is 46.9 Å². The summed E-state index contributed by atoms with van der Waals surface area (Å²) in [7, 11) is 3.60. The minimum Gasteiger partial charge on any atom is -0.496 e. The van der Waals surface area contributed by atoms with Gasteiger partial charge < -0.3 is 14.6 Å². The summed E-state index contributed by atoms with van der Waals surface area (Å²) < 4.78 is 10.3. The molecule has 0 fully saturated rings. The lowest BCUT2D eigenvalue weighted by atomic mass is 9.85. The number of ether oxygens (including phenoxy) is 1. The largest absolute Gasteiger partial charge is 0.496 e. The van der Waals surface area contributed by atoms with Gasteiger partial charge in [0.15, 0.2) is 0 Å². The Balaban J connectivity index is 1.73. The highest BCUT2D eigenvalue weighted by Crippen LogP contribution is 2.43. The summed E-state index contributed by atoms with van der Waals surface area (Å²) in [6.45, 7) is 1.97. The Labute approximate surface area is 181 Å². The monoisotopic (exact) mass is 465 g/mol. The van der Waals surface area contributed by atoms with E-state index in [1.54, 1.807) is 11.8 Å². The van der Waals surface area contributed by atoms with E-state index in [0.29, 0.717) is 18.2 Å². The Kier molecular flexibility index (Phi) is 4.39. The van der Waals surface area contributed by atoms with E-state index in [9.17, 15) is 4.79 Å². The van der Waals surface area contributed by atoms with Gasteiger partial charge in [-0.25, -0.2) is 4.98 Å². The first kappa shape index (κ1) is 18.9. The summed E-state index contributed by atoms with van der Waals surface area (Å²) in [6, 6.07) is 13.8. The first-order valence-electron chi connectivity index (χ1n) is 9.62.